The summed E-state index contributed by atoms with van der Waals surface area (Å²) in [7, 11) is 1.69. The maximum absolute atomic E-state index is 11.4. The number of aryl methyl sites for hydroxylation is 1. The van der Waals surface area contributed by atoms with Crippen LogP contribution in [0.4, 0.5) is 5.69 Å². The predicted molar refractivity (Wildman–Crippen MR) is 72.8 cm³/mol. The van der Waals surface area contributed by atoms with Crippen molar-refractivity contribution in [3.63, 3.8) is 0 Å². The van der Waals surface area contributed by atoms with Gasteiger partial charge in [0.25, 0.3) is 0 Å². The van der Waals surface area contributed by atoms with E-state index in [9.17, 15) is 4.79 Å². The van der Waals surface area contributed by atoms with Gasteiger partial charge in [-0.05, 0) is 32.4 Å². The predicted octanol–water partition coefficient (Wildman–Crippen LogP) is 1.67. The van der Waals surface area contributed by atoms with Crippen molar-refractivity contribution in [3.8, 4) is 0 Å². The van der Waals surface area contributed by atoms with Gasteiger partial charge >= 0.3 is 5.76 Å². The van der Waals surface area contributed by atoms with Crippen LogP contribution in [0, 0.1) is 0 Å². The molecule has 5 heteroatoms. The molecule has 0 aliphatic carbocycles. The van der Waals surface area contributed by atoms with Crippen molar-refractivity contribution in [2.75, 3.05) is 11.9 Å². The van der Waals surface area contributed by atoms with Crippen molar-refractivity contribution in [2.24, 2.45) is 12.8 Å². The van der Waals surface area contributed by atoms with Crippen molar-refractivity contribution in [2.45, 2.75) is 25.8 Å². The maximum Gasteiger partial charge on any atom is 0.419 e. The maximum atomic E-state index is 11.4. The molecule has 0 spiro atoms. The Balaban J connectivity index is 2.13. The molecule has 18 heavy (non-hydrogen) atoms. The zero-order valence-electron chi connectivity index (χ0n) is 11.0. The second kappa shape index (κ2) is 4.49. The fraction of sp³-hybridized carbons (Fsp3) is 0.462. The monoisotopic (exact) mass is 249 g/mol. The van der Waals surface area contributed by atoms with Crippen LogP contribution in [0.25, 0.3) is 11.1 Å². The average Bonchev–Trinajstić information content (AvgIpc) is 2.53. The molecule has 0 radical (unpaired) electrons. The van der Waals surface area contributed by atoms with E-state index in [2.05, 4.69) is 5.32 Å². The van der Waals surface area contributed by atoms with E-state index in [1.54, 1.807) is 7.05 Å². The Bertz CT molecular complexity index is 605. The number of nitrogens with two attached hydrogens (primary N) is 1. The smallest absolute Gasteiger partial charge is 0.408 e. The lowest BCUT2D eigenvalue weighted by Crippen LogP contribution is -2.34. The quantitative estimate of drug-likeness (QED) is 0.864. The van der Waals surface area contributed by atoms with Gasteiger partial charge in [-0.3, -0.25) is 4.57 Å². The summed E-state index contributed by atoms with van der Waals surface area (Å²) in [5.74, 6) is -0.342. The molecule has 2 rings (SSSR count). The van der Waals surface area contributed by atoms with Crippen LogP contribution in [0.15, 0.2) is 27.4 Å². The molecule has 0 unspecified atom stereocenters. The van der Waals surface area contributed by atoms with E-state index in [0.717, 1.165) is 24.2 Å². The first kappa shape index (κ1) is 12.7. The van der Waals surface area contributed by atoms with Gasteiger partial charge in [0.15, 0.2) is 5.58 Å². The van der Waals surface area contributed by atoms with Crippen molar-refractivity contribution < 1.29 is 4.42 Å². The number of nitrogens with one attached hydrogen (secondary N) is 1. The Kier molecular flexibility index (Phi) is 3.17. The minimum Gasteiger partial charge on any atom is -0.408 e. The number of hydrogen-bond donors (Lipinski definition) is 2. The number of rotatable bonds is 4. The summed E-state index contributed by atoms with van der Waals surface area (Å²) in [5.41, 5.74) is 8.05. The van der Waals surface area contributed by atoms with Crippen molar-refractivity contribution in [1.82, 2.24) is 4.57 Å². The van der Waals surface area contributed by atoms with E-state index >= 15 is 0 Å². The second-order valence-corrected chi connectivity index (χ2v) is 5.27. The normalized spacial score (nSPS) is 12.0. The van der Waals surface area contributed by atoms with Gasteiger partial charge in [0.05, 0.1) is 5.52 Å². The summed E-state index contributed by atoms with van der Waals surface area (Å²) in [6, 6.07) is 5.64. The molecule has 1 heterocycles. The van der Waals surface area contributed by atoms with Crippen LogP contribution in [0.5, 0.6) is 0 Å². The molecule has 3 N–H and O–H groups in total. The number of anilines is 1. The number of oxazole rings is 1. The lowest BCUT2D eigenvalue weighted by atomic mass is 10.0. The van der Waals surface area contributed by atoms with Crippen LogP contribution in [0.2, 0.25) is 0 Å². The van der Waals surface area contributed by atoms with Crippen LogP contribution in [-0.2, 0) is 7.05 Å². The summed E-state index contributed by atoms with van der Waals surface area (Å²) in [5, 5.41) is 3.27. The Morgan fingerprint density at radius 1 is 1.44 bits per heavy atom. The highest BCUT2D eigenvalue weighted by Gasteiger charge is 2.10. The third-order valence-corrected chi connectivity index (χ3v) is 2.89. The zero-order chi connectivity index (χ0) is 13.3. The zero-order valence-corrected chi connectivity index (χ0v) is 11.0. The molecular formula is C13H19N3O2. The Hall–Kier alpha value is -1.75. The fourth-order valence-corrected chi connectivity index (χ4v) is 1.77. The standard InChI is InChI=1S/C13H19N3O2/c1-13(2,14)6-7-15-9-4-5-10-11(8-9)18-12(17)16(10)3/h4-5,8,15H,6-7,14H2,1-3H3. The lowest BCUT2D eigenvalue weighted by Gasteiger charge is -2.18. The average molecular weight is 249 g/mol. The van der Waals surface area contributed by atoms with E-state index in [4.69, 9.17) is 10.2 Å². The van der Waals surface area contributed by atoms with Crippen LogP contribution >= 0.6 is 0 Å². The molecule has 0 aliphatic heterocycles. The molecule has 0 bridgehead atoms. The summed E-state index contributed by atoms with van der Waals surface area (Å²) < 4.78 is 6.62. The van der Waals surface area contributed by atoms with Crippen molar-refractivity contribution in [1.29, 1.82) is 0 Å². The molecular weight excluding hydrogens is 230 g/mol. The van der Waals surface area contributed by atoms with E-state index in [-0.39, 0.29) is 11.3 Å². The summed E-state index contributed by atoms with van der Waals surface area (Å²) in [6.07, 6.45) is 0.865. The summed E-state index contributed by atoms with van der Waals surface area (Å²) >= 11 is 0. The van der Waals surface area contributed by atoms with Crippen LogP contribution in [-0.4, -0.2) is 16.7 Å². The molecule has 0 atom stereocenters. The van der Waals surface area contributed by atoms with Gasteiger partial charge < -0.3 is 15.5 Å². The molecule has 5 nitrogen and oxygen atoms in total. The van der Waals surface area contributed by atoms with E-state index in [1.807, 2.05) is 32.0 Å². The summed E-state index contributed by atoms with van der Waals surface area (Å²) in [4.78, 5) is 11.4. The Labute approximate surface area is 106 Å². The number of benzene rings is 1. The van der Waals surface area contributed by atoms with Gasteiger partial charge in [-0.2, -0.15) is 0 Å². The van der Waals surface area contributed by atoms with Gasteiger partial charge in [0.1, 0.15) is 0 Å². The number of hydrogen-bond acceptors (Lipinski definition) is 4. The van der Waals surface area contributed by atoms with Gasteiger partial charge in [-0.1, -0.05) is 0 Å². The van der Waals surface area contributed by atoms with Crippen molar-refractivity contribution >= 4 is 16.8 Å². The molecule has 2 aromatic rings. The highest BCUT2D eigenvalue weighted by Crippen LogP contribution is 2.18. The van der Waals surface area contributed by atoms with Crippen LogP contribution < -0.4 is 16.8 Å². The number of aromatic nitrogens is 1. The minimum atomic E-state index is -0.342. The first-order valence-corrected chi connectivity index (χ1v) is 5.99. The highest BCUT2D eigenvalue weighted by atomic mass is 16.4. The highest BCUT2D eigenvalue weighted by molar-refractivity contribution is 5.77. The van der Waals surface area contributed by atoms with Crippen LogP contribution in [0.3, 0.4) is 0 Å². The Morgan fingerprint density at radius 3 is 2.83 bits per heavy atom. The second-order valence-electron chi connectivity index (χ2n) is 5.27. The third-order valence-electron chi connectivity index (χ3n) is 2.89. The fourth-order valence-electron chi connectivity index (χ4n) is 1.77. The lowest BCUT2D eigenvalue weighted by molar-refractivity contribution is 0.491. The molecule has 0 aliphatic rings. The summed E-state index contributed by atoms with van der Waals surface area (Å²) in [6.45, 7) is 4.77. The van der Waals surface area contributed by atoms with Gasteiger partial charge in [-0.25, -0.2) is 4.79 Å². The molecule has 0 amide bonds. The number of fused-ring (bicyclic) bond motifs is 1. The largest absolute Gasteiger partial charge is 0.419 e. The molecule has 1 aromatic carbocycles. The van der Waals surface area contributed by atoms with Crippen molar-refractivity contribution in [3.05, 3.63) is 28.7 Å². The first-order chi connectivity index (χ1) is 8.37. The minimum absolute atomic E-state index is 0.184. The molecule has 0 saturated carbocycles. The SMILES string of the molecule is Cn1c(=O)oc2cc(NCCC(C)(C)N)ccc21. The number of nitrogens with zero attached hydrogens (tertiary/aromatic N) is 1. The topological polar surface area (TPSA) is 73.2 Å². The Morgan fingerprint density at radius 2 is 2.17 bits per heavy atom. The van der Waals surface area contributed by atoms with E-state index < -0.39 is 0 Å². The molecule has 0 saturated heterocycles. The van der Waals surface area contributed by atoms with Crippen LogP contribution in [0.1, 0.15) is 20.3 Å². The van der Waals surface area contributed by atoms with Gasteiger partial charge in [-0.15, -0.1) is 0 Å². The van der Waals surface area contributed by atoms with Gasteiger partial charge in [0.2, 0.25) is 0 Å². The van der Waals surface area contributed by atoms with E-state index in [0.29, 0.717) is 5.58 Å². The third kappa shape index (κ3) is 2.73. The molecule has 0 fully saturated rings. The van der Waals surface area contributed by atoms with E-state index in [1.165, 1.54) is 4.57 Å². The van der Waals surface area contributed by atoms with Gasteiger partial charge in [0, 0.05) is 30.9 Å². The molecule has 98 valence electrons. The molecule has 1 aromatic heterocycles. The first-order valence-electron chi connectivity index (χ1n) is 5.99.